The highest BCUT2D eigenvalue weighted by Crippen LogP contribution is 2.66. The molecule has 40 heavy (non-hydrogen) atoms. The summed E-state index contributed by atoms with van der Waals surface area (Å²) in [5, 5.41) is 0. The smallest absolute Gasteiger partial charge is 0.270 e. The summed E-state index contributed by atoms with van der Waals surface area (Å²) in [7, 11) is -4.31. The highest BCUT2D eigenvalue weighted by molar-refractivity contribution is 7.85. The molecular formula is C15H11F21O3S. The fourth-order valence-electron chi connectivity index (χ4n) is 2.41. The molecule has 0 atom stereocenters. The van der Waals surface area contributed by atoms with Gasteiger partial charge in [-0.15, -0.1) is 0 Å². The second-order valence-electron chi connectivity index (χ2n) is 7.78. The normalized spacial score (nSPS) is 16.4. The summed E-state index contributed by atoms with van der Waals surface area (Å²) in [6, 6.07) is 0. The first-order valence-electron chi connectivity index (χ1n) is 9.27. The predicted molar refractivity (Wildman–Crippen MR) is 85.2 cm³/mol. The summed E-state index contributed by atoms with van der Waals surface area (Å²) >= 11 is 0. The van der Waals surface area contributed by atoms with Crippen molar-refractivity contribution in [2.45, 2.75) is 78.7 Å². The van der Waals surface area contributed by atoms with E-state index in [1.54, 1.807) is 0 Å². The standard InChI is InChI=1S/C15H11F21O3S/c1-40(37,38)39-5-3-2-4-6(16,17)7(18,19)8(20,21)9(22,23)10(24,25)11(26,27)12(28,29)13(30,31)14(32,33)15(34,35)36/h2-5H2,1H3. The number of rotatable bonds is 14. The fourth-order valence-corrected chi connectivity index (χ4v) is 2.83. The molecule has 3 nitrogen and oxygen atoms in total. The quantitative estimate of drug-likeness (QED) is 0.110. The van der Waals surface area contributed by atoms with Crippen LogP contribution in [0.3, 0.4) is 0 Å². The molecule has 0 aliphatic heterocycles. The average Bonchev–Trinajstić information content (AvgIpc) is 2.70. The van der Waals surface area contributed by atoms with Crippen LogP contribution in [-0.4, -0.2) is 80.8 Å². The van der Waals surface area contributed by atoms with Gasteiger partial charge in [-0.2, -0.15) is 101 Å². The molecule has 0 unspecified atom stereocenters. The third kappa shape index (κ3) is 5.72. The van der Waals surface area contributed by atoms with E-state index in [-0.39, 0.29) is 0 Å². The number of unbranched alkanes of at least 4 members (excludes halogenated alkanes) is 1. The van der Waals surface area contributed by atoms with Crippen molar-refractivity contribution in [3.05, 3.63) is 0 Å². The Morgan fingerprint density at radius 3 is 1.00 bits per heavy atom. The van der Waals surface area contributed by atoms with Crippen molar-refractivity contribution in [2.75, 3.05) is 12.9 Å². The van der Waals surface area contributed by atoms with E-state index in [1.165, 1.54) is 0 Å². The van der Waals surface area contributed by atoms with Crippen LogP contribution in [0.1, 0.15) is 19.3 Å². The van der Waals surface area contributed by atoms with Gasteiger partial charge in [0.1, 0.15) is 0 Å². The molecule has 0 heterocycles. The minimum atomic E-state index is -9.21. The second-order valence-corrected chi connectivity index (χ2v) is 9.42. The van der Waals surface area contributed by atoms with Crippen molar-refractivity contribution in [3.63, 3.8) is 0 Å². The van der Waals surface area contributed by atoms with Crippen molar-refractivity contribution < 1.29 is 105 Å². The van der Waals surface area contributed by atoms with Crippen LogP contribution in [0.4, 0.5) is 92.2 Å². The van der Waals surface area contributed by atoms with E-state index in [1.807, 2.05) is 0 Å². The van der Waals surface area contributed by atoms with E-state index in [9.17, 15) is 101 Å². The molecule has 0 aliphatic carbocycles. The van der Waals surface area contributed by atoms with E-state index in [2.05, 4.69) is 4.18 Å². The maximum atomic E-state index is 13.7. The Kier molecular flexibility index (Phi) is 9.91. The Morgan fingerprint density at radius 2 is 0.725 bits per heavy atom. The first-order valence-corrected chi connectivity index (χ1v) is 11.1. The Balaban J connectivity index is 6.60. The van der Waals surface area contributed by atoms with Gasteiger partial charge >= 0.3 is 59.5 Å². The van der Waals surface area contributed by atoms with Gasteiger partial charge in [0.05, 0.1) is 12.9 Å². The van der Waals surface area contributed by atoms with Gasteiger partial charge < -0.3 is 0 Å². The van der Waals surface area contributed by atoms with Gasteiger partial charge in [-0.05, 0) is 12.8 Å². The van der Waals surface area contributed by atoms with Crippen molar-refractivity contribution in [2.24, 2.45) is 0 Å². The highest BCUT2D eigenvalue weighted by Gasteiger charge is 2.97. The molecule has 0 spiro atoms. The zero-order valence-electron chi connectivity index (χ0n) is 18.4. The molecule has 0 aliphatic rings. The molecule has 0 saturated heterocycles. The van der Waals surface area contributed by atoms with E-state index >= 15 is 0 Å². The largest absolute Gasteiger partial charge is 0.460 e. The Labute approximate surface area is 207 Å². The molecule has 0 fully saturated rings. The van der Waals surface area contributed by atoms with Crippen molar-refractivity contribution >= 4 is 10.1 Å². The molecular weight excluding hydrogens is 659 g/mol. The van der Waals surface area contributed by atoms with Crippen LogP contribution in [-0.2, 0) is 14.3 Å². The van der Waals surface area contributed by atoms with Gasteiger partial charge in [0.25, 0.3) is 10.1 Å². The maximum absolute atomic E-state index is 13.7. The molecule has 242 valence electrons. The van der Waals surface area contributed by atoms with E-state index < -0.39 is 95.5 Å². The number of alkyl halides is 21. The number of hydrogen-bond donors (Lipinski definition) is 0. The highest BCUT2D eigenvalue weighted by atomic mass is 32.2. The molecule has 0 radical (unpaired) electrons. The summed E-state index contributed by atoms with van der Waals surface area (Å²) in [6.45, 7) is -1.16. The minimum Gasteiger partial charge on any atom is -0.270 e. The first kappa shape index (κ1) is 38.4. The molecule has 0 aromatic heterocycles. The Hall–Kier alpha value is -1.56. The maximum Gasteiger partial charge on any atom is 0.460 e. The van der Waals surface area contributed by atoms with Gasteiger partial charge in [-0.3, -0.25) is 4.18 Å². The molecule has 25 heteroatoms. The predicted octanol–water partition coefficient (Wildman–Crippen LogP) is 7.41. The van der Waals surface area contributed by atoms with Crippen molar-refractivity contribution in [1.82, 2.24) is 0 Å². The van der Waals surface area contributed by atoms with Gasteiger partial charge in [-0.25, -0.2) is 0 Å². The van der Waals surface area contributed by atoms with Crippen LogP contribution in [0.2, 0.25) is 0 Å². The topological polar surface area (TPSA) is 43.4 Å². The lowest BCUT2D eigenvalue weighted by atomic mass is 9.85. The van der Waals surface area contributed by atoms with E-state index in [0.29, 0.717) is 6.26 Å². The van der Waals surface area contributed by atoms with Crippen LogP contribution < -0.4 is 0 Å². The number of halogens is 21. The van der Waals surface area contributed by atoms with Gasteiger partial charge in [-0.1, -0.05) is 0 Å². The van der Waals surface area contributed by atoms with Crippen LogP contribution in [0, 0.1) is 0 Å². The zero-order valence-corrected chi connectivity index (χ0v) is 19.2. The van der Waals surface area contributed by atoms with Crippen molar-refractivity contribution in [1.29, 1.82) is 0 Å². The Bertz CT molecular complexity index is 997. The molecule has 0 bridgehead atoms. The van der Waals surface area contributed by atoms with E-state index in [4.69, 9.17) is 0 Å². The summed E-state index contributed by atoms with van der Waals surface area (Å²) in [4.78, 5) is 0. The van der Waals surface area contributed by atoms with Crippen LogP contribution in [0.25, 0.3) is 0 Å². The average molecular weight is 670 g/mol. The summed E-state index contributed by atoms with van der Waals surface area (Å²) < 4.78 is 303. The van der Waals surface area contributed by atoms with Crippen LogP contribution in [0.15, 0.2) is 0 Å². The summed E-state index contributed by atoms with van der Waals surface area (Å²) in [6.07, 6.45) is -13.2. The SMILES string of the molecule is CS(=O)(=O)OCCCCC(F)(F)C(F)(F)C(F)(F)C(F)(F)C(F)(F)C(F)(F)C(F)(F)C(F)(F)C(F)(F)C(F)(F)F. The zero-order chi connectivity index (χ0) is 33.0. The van der Waals surface area contributed by atoms with Crippen molar-refractivity contribution in [3.8, 4) is 0 Å². The summed E-state index contributed by atoms with van der Waals surface area (Å²) in [5.41, 5.74) is 0. The third-order valence-electron chi connectivity index (χ3n) is 4.76. The van der Waals surface area contributed by atoms with Crippen LogP contribution in [0.5, 0.6) is 0 Å². The summed E-state index contributed by atoms with van der Waals surface area (Å²) in [5.74, 6) is -77.2. The third-order valence-corrected chi connectivity index (χ3v) is 5.35. The fraction of sp³-hybridized carbons (Fsp3) is 1.00. The second kappa shape index (κ2) is 10.3. The minimum absolute atomic E-state index is 0.345. The molecule has 0 aromatic rings. The first-order chi connectivity index (χ1) is 17.0. The lowest BCUT2D eigenvalue weighted by Gasteiger charge is -2.44. The molecule has 0 aromatic carbocycles. The van der Waals surface area contributed by atoms with Gasteiger partial charge in [0.15, 0.2) is 0 Å². The lowest BCUT2D eigenvalue weighted by molar-refractivity contribution is -0.474. The molecule has 0 N–H and O–H groups in total. The van der Waals surface area contributed by atoms with Gasteiger partial charge in [0, 0.05) is 6.42 Å². The molecule has 0 rings (SSSR count). The lowest BCUT2D eigenvalue weighted by Crippen LogP contribution is -2.76. The molecule has 0 amide bonds. The molecule has 0 saturated carbocycles. The number of hydrogen-bond acceptors (Lipinski definition) is 3. The monoisotopic (exact) mass is 670 g/mol. The van der Waals surface area contributed by atoms with E-state index in [0.717, 1.165) is 0 Å². The Morgan fingerprint density at radius 1 is 0.450 bits per heavy atom. The van der Waals surface area contributed by atoms with Gasteiger partial charge in [0.2, 0.25) is 0 Å². The van der Waals surface area contributed by atoms with Crippen LogP contribution >= 0.6 is 0 Å².